The third-order valence-electron chi connectivity index (χ3n) is 2.92. The Morgan fingerprint density at radius 3 is 2.76 bits per heavy atom. The van der Waals surface area contributed by atoms with Crippen molar-refractivity contribution < 1.29 is 9.21 Å². The normalized spacial score (nSPS) is 10.6. The highest BCUT2D eigenvalue weighted by Gasteiger charge is 2.12. The van der Waals surface area contributed by atoms with Gasteiger partial charge in [0.2, 0.25) is 5.91 Å². The molecule has 0 aliphatic rings. The van der Waals surface area contributed by atoms with Gasteiger partial charge in [0.15, 0.2) is 0 Å². The maximum atomic E-state index is 12.1. The number of carbonyl (C=O) groups is 1. The van der Waals surface area contributed by atoms with Crippen molar-refractivity contribution in [3.8, 4) is 0 Å². The van der Waals surface area contributed by atoms with E-state index in [9.17, 15) is 4.79 Å². The zero-order valence-electron chi connectivity index (χ0n) is 11.9. The molecule has 2 rings (SSSR count). The summed E-state index contributed by atoms with van der Waals surface area (Å²) in [6.07, 6.45) is 0. The number of nitrogens with zero attached hydrogens (tertiary/aromatic N) is 1. The topological polar surface area (TPSA) is 59.5 Å². The molecule has 0 saturated carbocycles. The average molecular weight is 369 g/mol. The smallest absolute Gasteiger partial charge is 0.233 e. The van der Waals surface area contributed by atoms with Crippen LogP contribution in [0.5, 0.6) is 0 Å². The second-order valence-electron chi connectivity index (χ2n) is 4.74. The molecule has 0 unspecified atom stereocenters. The first-order chi connectivity index (χ1) is 9.95. The maximum Gasteiger partial charge on any atom is 0.233 e. The van der Waals surface area contributed by atoms with Crippen molar-refractivity contribution in [3.63, 3.8) is 0 Å². The predicted molar refractivity (Wildman–Crippen MR) is 89.2 cm³/mol. The molecule has 0 atom stereocenters. The quantitative estimate of drug-likeness (QED) is 0.645. The van der Waals surface area contributed by atoms with Crippen molar-refractivity contribution in [1.29, 1.82) is 0 Å². The molecule has 1 aromatic carbocycles. The summed E-state index contributed by atoms with van der Waals surface area (Å²) in [5.41, 5.74) is 6.39. The van der Waals surface area contributed by atoms with Crippen LogP contribution in [0, 0.1) is 6.92 Å². The van der Waals surface area contributed by atoms with Crippen LogP contribution in [-0.2, 0) is 11.3 Å². The Morgan fingerprint density at radius 2 is 2.14 bits per heavy atom. The van der Waals surface area contributed by atoms with Crippen LogP contribution in [0.3, 0.4) is 0 Å². The fourth-order valence-corrected chi connectivity index (χ4v) is 3.38. The number of hydrogen-bond donors (Lipinski definition) is 1. The summed E-state index contributed by atoms with van der Waals surface area (Å²) in [5, 5.41) is 0. The number of aryl methyl sites for hydroxylation is 1. The molecule has 1 amide bonds. The van der Waals surface area contributed by atoms with Crippen molar-refractivity contribution in [1.82, 2.24) is 4.90 Å². The van der Waals surface area contributed by atoms with E-state index in [0.29, 0.717) is 18.0 Å². The Labute approximate surface area is 136 Å². The van der Waals surface area contributed by atoms with E-state index in [1.807, 2.05) is 37.3 Å². The SMILES string of the molecule is Cc1ccc(CN(C)C(=O)CSc2ccc(N)cc2Br)o1. The molecule has 4 nitrogen and oxygen atoms in total. The van der Waals surface area contributed by atoms with E-state index < -0.39 is 0 Å². The molecule has 0 spiro atoms. The third-order valence-corrected chi connectivity index (χ3v) is 4.90. The van der Waals surface area contributed by atoms with E-state index in [1.54, 1.807) is 11.9 Å². The van der Waals surface area contributed by atoms with Gasteiger partial charge in [-0.2, -0.15) is 0 Å². The molecule has 0 bridgehead atoms. The van der Waals surface area contributed by atoms with Gasteiger partial charge in [0.1, 0.15) is 11.5 Å². The van der Waals surface area contributed by atoms with Crippen LogP contribution in [-0.4, -0.2) is 23.6 Å². The summed E-state index contributed by atoms with van der Waals surface area (Å²) >= 11 is 4.93. The molecule has 0 saturated heterocycles. The largest absolute Gasteiger partial charge is 0.464 e. The van der Waals surface area contributed by atoms with Crippen molar-refractivity contribution >= 4 is 39.3 Å². The van der Waals surface area contributed by atoms with Gasteiger partial charge >= 0.3 is 0 Å². The van der Waals surface area contributed by atoms with E-state index in [0.717, 1.165) is 20.9 Å². The van der Waals surface area contributed by atoms with E-state index in [2.05, 4.69) is 15.9 Å². The Morgan fingerprint density at radius 1 is 1.38 bits per heavy atom. The lowest BCUT2D eigenvalue weighted by atomic mass is 10.3. The number of benzene rings is 1. The molecule has 0 aliphatic heterocycles. The van der Waals surface area contributed by atoms with E-state index >= 15 is 0 Å². The van der Waals surface area contributed by atoms with Gasteiger partial charge in [0, 0.05) is 22.1 Å². The molecule has 1 heterocycles. The molecular formula is C15H17BrN2O2S. The zero-order valence-corrected chi connectivity index (χ0v) is 14.3. The molecule has 2 N–H and O–H groups in total. The molecule has 112 valence electrons. The fourth-order valence-electron chi connectivity index (χ4n) is 1.78. The fraction of sp³-hybridized carbons (Fsp3) is 0.267. The highest BCUT2D eigenvalue weighted by molar-refractivity contribution is 9.10. The van der Waals surface area contributed by atoms with Crippen molar-refractivity contribution in [2.24, 2.45) is 0 Å². The number of nitrogens with two attached hydrogens (primary N) is 1. The van der Waals surface area contributed by atoms with Crippen molar-refractivity contribution in [2.45, 2.75) is 18.4 Å². The van der Waals surface area contributed by atoms with Gasteiger partial charge < -0.3 is 15.1 Å². The first kappa shape index (κ1) is 16.0. The summed E-state index contributed by atoms with van der Waals surface area (Å²) in [5.74, 6) is 2.07. The second-order valence-corrected chi connectivity index (χ2v) is 6.61. The molecule has 0 radical (unpaired) electrons. The van der Waals surface area contributed by atoms with Gasteiger partial charge in [0.25, 0.3) is 0 Å². The lowest BCUT2D eigenvalue weighted by molar-refractivity contribution is -0.127. The minimum absolute atomic E-state index is 0.0535. The summed E-state index contributed by atoms with van der Waals surface area (Å²) in [4.78, 5) is 14.8. The van der Waals surface area contributed by atoms with Crippen LogP contribution >= 0.6 is 27.7 Å². The molecule has 21 heavy (non-hydrogen) atoms. The first-order valence-electron chi connectivity index (χ1n) is 6.43. The number of amides is 1. The predicted octanol–water partition coefficient (Wildman–Crippen LogP) is 3.68. The van der Waals surface area contributed by atoms with Gasteiger partial charge in [-0.25, -0.2) is 0 Å². The summed E-state index contributed by atoms with van der Waals surface area (Å²) in [6, 6.07) is 9.36. The molecule has 6 heteroatoms. The molecule has 0 aliphatic carbocycles. The van der Waals surface area contributed by atoms with Gasteiger partial charge in [0.05, 0.1) is 12.3 Å². The van der Waals surface area contributed by atoms with Crippen LogP contribution in [0.2, 0.25) is 0 Å². The third kappa shape index (κ3) is 4.54. The standard InChI is InChI=1S/C15H17BrN2O2S/c1-10-3-5-12(20-10)8-18(2)15(19)9-21-14-6-4-11(17)7-13(14)16/h3-7H,8-9,17H2,1-2H3. The van der Waals surface area contributed by atoms with Crippen molar-refractivity contribution in [3.05, 3.63) is 46.3 Å². The summed E-state index contributed by atoms with van der Waals surface area (Å²) in [6.45, 7) is 2.37. The summed E-state index contributed by atoms with van der Waals surface area (Å²) in [7, 11) is 1.78. The van der Waals surface area contributed by atoms with Crippen LogP contribution in [0.25, 0.3) is 0 Å². The number of nitrogen functional groups attached to an aromatic ring is 1. The van der Waals surface area contributed by atoms with Crippen LogP contribution < -0.4 is 5.73 Å². The minimum atomic E-state index is 0.0535. The Kier molecular flexibility index (Phi) is 5.36. The molecule has 1 aromatic heterocycles. The summed E-state index contributed by atoms with van der Waals surface area (Å²) < 4.78 is 6.38. The molecule has 0 fully saturated rings. The van der Waals surface area contributed by atoms with E-state index in [4.69, 9.17) is 10.2 Å². The number of anilines is 1. The number of thioether (sulfide) groups is 1. The number of furan rings is 1. The van der Waals surface area contributed by atoms with Crippen LogP contribution in [0.15, 0.2) is 44.1 Å². The minimum Gasteiger partial charge on any atom is -0.464 e. The first-order valence-corrected chi connectivity index (χ1v) is 8.20. The van der Waals surface area contributed by atoms with Crippen molar-refractivity contribution in [2.75, 3.05) is 18.5 Å². The monoisotopic (exact) mass is 368 g/mol. The number of halogens is 1. The van der Waals surface area contributed by atoms with Gasteiger partial charge in [-0.1, -0.05) is 0 Å². The Bertz CT molecular complexity index is 642. The van der Waals surface area contributed by atoms with Crippen LogP contribution in [0.1, 0.15) is 11.5 Å². The molecular weight excluding hydrogens is 352 g/mol. The second kappa shape index (κ2) is 7.04. The number of rotatable bonds is 5. The lowest BCUT2D eigenvalue weighted by Gasteiger charge is -2.15. The Hall–Kier alpha value is -1.40. The Balaban J connectivity index is 1.89. The van der Waals surface area contributed by atoms with E-state index in [-0.39, 0.29) is 5.91 Å². The highest BCUT2D eigenvalue weighted by Crippen LogP contribution is 2.29. The lowest BCUT2D eigenvalue weighted by Crippen LogP contribution is -2.27. The number of hydrogen-bond acceptors (Lipinski definition) is 4. The van der Waals surface area contributed by atoms with Gasteiger partial charge in [-0.3, -0.25) is 4.79 Å². The van der Waals surface area contributed by atoms with Gasteiger partial charge in [-0.05, 0) is 53.2 Å². The number of carbonyl (C=O) groups excluding carboxylic acids is 1. The highest BCUT2D eigenvalue weighted by atomic mass is 79.9. The zero-order chi connectivity index (χ0) is 15.4. The van der Waals surface area contributed by atoms with Gasteiger partial charge in [-0.15, -0.1) is 11.8 Å². The van der Waals surface area contributed by atoms with E-state index in [1.165, 1.54) is 11.8 Å². The maximum absolute atomic E-state index is 12.1. The average Bonchev–Trinajstić information content (AvgIpc) is 2.82. The van der Waals surface area contributed by atoms with Crippen LogP contribution in [0.4, 0.5) is 5.69 Å². The molecule has 2 aromatic rings.